The lowest BCUT2D eigenvalue weighted by molar-refractivity contribution is -0.130. The van der Waals surface area contributed by atoms with Crippen LogP contribution in [0.3, 0.4) is 0 Å². The molecule has 24 heavy (non-hydrogen) atoms. The zero-order chi connectivity index (χ0) is 16.9. The van der Waals surface area contributed by atoms with Crippen molar-refractivity contribution >= 4 is 5.78 Å². The Balaban J connectivity index is 1.64. The fourth-order valence-electron chi connectivity index (χ4n) is 6.32. The van der Waals surface area contributed by atoms with E-state index in [1.54, 1.807) is 7.11 Å². The van der Waals surface area contributed by atoms with Gasteiger partial charge in [-0.1, -0.05) is 13.0 Å². The number of fused-ring (bicyclic) bond motifs is 5. The number of carbonyl (C=O) groups is 1. The van der Waals surface area contributed by atoms with Gasteiger partial charge in [0.2, 0.25) is 0 Å². The molecule has 1 aromatic rings. The largest absolute Gasteiger partial charge is 0.497 e. The van der Waals surface area contributed by atoms with Crippen LogP contribution in [0.5, 0.6) is 5.75 Å². The number of aliphatic hydroxyl groups excluding tert-OH is 1. The number of methoxy groups -OCH3 is 1. The molecule has 0 radical (unpaired) electrons. The Hall–Kier alpha value is -1.35. The van der Waals surface area contributed by atoms with Gasteiger partial charge in [-0.25, -0.2) is 0 Å². The number of aryl methyl sites for hydroxylation is 1. The highest BCUT2D eigenvalue weighted by molar-refractivity contribution is 5.83. The predicted molar refractivity (Wildman–Crippen MR) is 93.2 cm³/mol. The van der Waals surface area contributed by atoms with Gasteiger partial charge in [-0.15, -0.1) is 0 Å². The van der Waals surface area contributed by atoms with Gasteiger partial charge in [0.05, 0.1) is 7.11 Å². The minimum atomic E-state index is -0.288. The van der Waals surface area contributed by atoms with Gasteiger partial charge < -0.3 is 9.84 Å². The van der Waals surface area contributed by atoms with Crippen LogP contribution in [0.1, 0.15) is 56.1 Å². The number of Topliss-reactive ketones (excluding diaryl/α,β-unsaturated/α-hetero) is 1. The number of benzene rings is 1. The molecule has 3 heteroatoms. The fourth-order valence-corrected chi connectivity index (χ4v) is 6.32. The highest BCUT2D eigenvalue weighted by atomic mass is 16.5. The lowest BCUT2D eigenvalue weighted by Crippen LogP contribution is -2.44. The molecule has 5 atom stereocenters. The molecule has 0 heterocycles. The molecule has 3 aliphatic carbocycles. The SMILES string of the molecule is COc1ccc2c(c1)CC[C@@H]1[C@@H]2CC[C@]2(C)[C@H](C(=O)CO)CC[C@@H]12. The monoisotopic (exact) mass is 328 g/mol. The van der Waals surface area contributed by atoms with E-state index in [0.717, 1.165) is 31.4 Å². The molecule has 1 N–H and O–H groups in total. The van der Waals surface area contributed by atoms with Crippen molar-refractivity contribution in [2.45, 2.75) is 51.4 Å². The Bertz CT molecular complexity index is 652. The summed E-state index contributed by atoms with van der Waals surface area (Å²) in [5.41, 5.74) is 3.08. The number of ether oxygens (including phenoxy) is 1. The highest BCUT2D eigenvalue weighted by Gasteiger charge is 2.56. The second-order valence-electron chi connectivity index (χ2n) is 8.28. The first-order valence-corrected chi connectivity index (χ1v) is 9.39. The summed E-state index contributed by atoms with van der Waals surface area (Å²) in [7, 11) is 1.73. The molecule has 0 bridgehead atoms. The van der Waals surface area contributed by atoms with E-state index in [0.29, 0.717) is 17.8 Å². The van der Waals surface area contributed by atoms with Crippen LogP contribution >= 0.6 is 0 Å². The van der Waals surface area contributed by atoms with Crippen LogP contribution in [0.4, 0.5) is 0 Å². The van der Waals surface area contributed by atoms with Crippen molar-refractivity contribution in [1.82, 2.24) is 0 Å². The van der Waals surface area contributed by atoms with E-state index in [9.17, 15) is 9.90 Å². The summed E-state index contributed by atoms with van der Waals surface area (Å²) in [6, 6.07) is 6.59. The van der Waals surface area contributed by atoms with Crippen LogP contribution in [0.2, 0.25) is 0 Å². The molecule has 0 unspecified atom stereocenters. The second kappa shape index (κ2) is 5.87. The molecule has 0 saturated heterocycles. The van der Waals surface area contributed by atoms with E-state index in [1.165, 1.54) is 24.0 Å². The van der Waals surface area contributed by atoms with Gasteiger partial charge >= 0.3 is 0 Å². The van der Waals surface area contributed by atoms with Gasteiger partial charge in [0, 0.05) is 5.92 Å². The summed E-state index contributed by atoms with van der Waals surface area (Å²) in [5.74, 6) is 3.07. The van der Waals surface area contributed by atoms with Crippen LogP contribution in [0.25, 0.3) is 0 Å². The van der Waals surface area contributed by atoms with E-state index in [2.05, 4.69) is 25.1 Å². The van der Waals surface area contributed by atoms with E-state index in [-0.39, 0.29) is 23.7 Å². The van der Waals surface area contributed by atoms with E-state index in [1.807, 2.05) is 0 Å². The molecule has 0 aliphatic heterocycles. The summed E-state index contributed by atoms with van der Waals surface area (Å²) in [6.07, 6.45) is 6.76. The molecule has 0 amide bonds. The summed E-state index contributed by atoms with van der Waals surface area (Å²) >= 11 is 0. The molecule has 130 valence electrons. The van der Waals surface area contributed by atoms with Crippen molar-refractivity contribution in [2.24, 2.45) is 23.2 Å². The third-order valence-electron chi connectivity index (χ3n) is 7.48. The number of hydrogen-bond donors (Lipinski definition) is 1. The van der Waals surface area contributed by atoms with Crippen molar-refractivity contribution < 1.29 is 14.6 Å². The molecule has 0 spiro atoms. The van der Waals surface area contributed by atoms with Crippen LogP contribution in [-0.4, -0.2) is 24.6 Å². The highest BCUT2D eigenvalue weighted by Crippen LogP contribution is 2.63. The maximum Gasteiger partial charge on any atom is 0.161 e. The Morgan fingerprint density at radius 1 is 1.29 bits per heavy atom. The summed E-state index contributed by atoms with van der Waals surface area (Å²) < 4.78 is 5.39. The van der Waals surface area contributed by atoms with Crippen molar-refractivity contribution in [1.29, 1.82) is 0 Å². The smallest absolute Gasteiger partial charge is 0.161 e. The molecular formula is C21H28O3. The summed E-state index contributed by atoms with van der Waals surface area (Å²) in [5, 5.41) is 9.35. The van der Waals surface area contributed by atoms with Gasteiger partial charge in [0.1, 0.15) is 12.4 Å². The minimum absolute atomic E-state index is 0.0689. The maximum atomic E-state index is 12.2. The molecule has 3 nitrogen and oxygen atoms in total. The molecule has 0 aromatic heterocycles. The average molecular weight is 328 g/mol. The lowest BCUT2D eigenvalue weighted by Gasteiger charge is -2.50. The Morgan fingerprint density at radius 2 is 2.12 bits per heavy atom. The first-order chi connectivity index (χ1) is 11.6. The normalized spacial score (nSPS) is 37.3. The number of carbonyl (C=O) groups excluding carboxylic acids is 1. The molecular weight excluding hydrogens is 300 g/mol. The Morgan fingerprint density at radius 3 is 2.88 bits per heavy atom. The third-order valence-corrected chi connectivity index (χ3v) is 7.48. The van der Waals surface area contributed by atoms with E-state index < -0.39 is 0 Å². The quantitative estimate of drug-likeness (QED) is 0.919. The van der Waals surface area contributed by atoms with Gasteiger partial charge in [0.25, 0.3) is 0 Å². The number of hydrogen-bond acceptors (Lipinski definition) is 3. The van der Waals surface area contributed by atoms with Crippen molar-refractivity contribution in [3.8, 4) is 5.75 Å². The topological polar surface area (TPSA) is 46.5 Å². The van der Waals surface area contributed by atoms with Gasteiger partial charge in [-0.3, -0.25) is 4.79 Å². The van der Waals surface area contributed by atoms with Gasteiger partial charge in [0.15, 0.2) is 5.78 Å². The standard InChI is InChI=1S/C21H28O3/c1-21-10-9-16-15-6-4-14(24-2)11-13(15)3-5-17(16)18(21)7-8-19(21)20(23)12-22/h4,6,11,16-19,22H,3,5,7-10,12H2,1-2H3/t16-,17-,18+,19+,21+/m1/s1. The molecule has 4 rings (SSSR count). The predicted octanol–water partition coefficient (Wildman–Crippen LogP) is 3.73. The molecule has 2 fully saturated rings. The van der Waals surface area contributed by atoms with E-state index >= 15 is 0 Å². The minimum Gasteiger partial charge on any atom is -0.497 e. The zero-order valence-electron chi connectivity index (χ0n) is 14.8. The number of aliphatic hydroxyl groups is 1. The lowest BCUT2D eigenvalue weighted by atomic mass is 9.54. The van der Waals surface area contributed by atoms with Crippen molar-refractivity contribution in [2.75, 3.05) is 13.7 Å². The van der Waals surface area contributed by atoms with Crippen LogP contribution in [0.15, 0.2) is 18.2 Å². The average Bonchev–Trinajstić information content (AvgIpc) is 2.97. The zero-order valence-corrected chi connectivity index (χ0v) is 14.8. The van der Waals surface area contributed by atoms with Gasteiger partial charge in [-0.2, -0.15) is 0 Å². The van der Waals surface area contributed by atoms with Crippen molar-refractivity contribution in [3.05, 3.63) is 29.3 Å². The maximum absolute atomic E-state index is 12.2. The summed E-state index contributed by atoms with van der Waals surface area (Å²) in [4.78, 5) is 12.2. The Labute approximate surface area is 144 Å². The number of ketones is 1. The summed E-state index contributed by atoms with van der Waals surface area (Å²) in [6.45, 7) is 2.03. The molecule has 2 saturated carbocycles. The Kier molecular flexibility index (Phi) is 3.95. The first kappa shape index (κ1) is 16.1. The van der Waals surface area contributed by atoms with Crippen LogP contribution in [0, 0.1) is 23.2 Å². The molecule has 3 aliphatic rings. The third kappa shape index (κ3) is 2.24. The first-order valence-electron chi connectivity index (χ1n) is 9.39. The second-order valence-corrected chi connectivity index (χ2v) is 8.28. The van der Waals surface area contributed by atoms with Crippen LogP contribution < -0.4 is 4.74 Å². The van der Waals surface area contributed by atoms with Gasteiger partial charge in [-0.05, 0) is 85.0 Å². The van der Waals surface area contributed by atoms with E-state index in [4.69, 9.17) is 4.74 Å². The number of rotatable bonds is 3. The van der Waals surface area contributed by atoms with Crippen LogP contribution in [-0.2, 0) is 11.2 Å². The fraction of sp³-hybridized carbons (Fsp3) is 0.667. The molecule has 1 aromatic carbocycles. The van der Waals surface area contributed by atoms with Crippen molar-refractivity contribution in [3.63, 3.8) is 0 Å².